The molecule has 3 aromatic carbocycles. The average Bonchev–Trinajstić information content (AvgIpc) is 2.79. The number of benzene rings is 3. The van der Waals surface area contributed by atoms with E-state index in [1.165, 1.54) is 0 Å². The van der Waals surface area contributed by atoms with Gasteiger partial charge in [0.1, 0.15) is 6.04 Å². The Bertz CT molecular complexity index is 1070. The first-order chi connectivity index (χ1) is 15.4. The van der Waals surface area contributed by atoms with Crippen LogP contribution in [0.25, 0.3) is 0 Å². The van der Waals surface area contributed by atoms with Gasteiger partial charge < -0.3 is 10.2 Å². The highest BCUT2D eigenvalue weighted by Crippen LogP contribution is 2.27. The number of nitrogens with zero attached hydrogens (tertiary/aromatic N) is 1. The molecule has 0 aromatic heterocycles. The van der Waals surface area contributed by atoms with E-state index in [-0.39, 0.29) is 24.8 Å². The number of rotatable bonds is 8. The molecule has 3 aromatic rings. The Kier molecular flexibility index (Phi) is 8.32. The molecule has 4 nitrogen and oxygen atoms in total. The Hall–Kier alpha value is -2.82. The molecule has 0 aliphatic rings. The molecule has 6 heteroatoms. The standard InChI is InChI=1S/C26H26Cl2N2O2/c1-18-9-6-7-12-20(18)16-25(31)30(17-21-22(27)13-8-14-23(21)28)24(26(32)29-2)15-19-10-4-3-5-11-19/h3-14,24H,15-17H2,1-2H3,(H,29,32)/t24-/m1/s1. The summed E-state index contributed by atoms with van der Waals surface area (Å²) in [5.74, 6) is -0.407. The molecule has 166 valence electrons. The third kappa shape index (κ3) is 5.90. The van der Waals surface area contributed by atoms with Crippen molar-refractivity contribution in [3.8, 4) is 0 Å². The SMILES string of the molecule is CNC(=O)[C@@H](Cc1ccccc1)N(Cc1c(Cl)cccc1Cl)C(=O)Cc1ccccc1C. The molecule has 0 spiro atoms. The lowest BCUT2D eigenvalue weighted by Gasteiger charge is -2.32. The Balaban J connectivity index is 2.01. The Morgan fingerprint density at radius 1 is 0.906 bits per heavy atom. The van der Waals surface area contributed by atoms with Crippen molar-refractivity contribution in [2.45, 2.75) is 32.4 Å². The summed E-state index contributed by atoms with van der Waals surface area (Å²) in [5.41, 5.74) is 3.52. The van der Waals surface area contributed by atoms with Crippen molar-refractivity contribution in [3.63, 3.8) is 0 Å². The van der Waals surface area contributed by atoms with Crippen LogP contribution in [0.15, 0.2) is 72.8 Å². The summed E-state index contributed by atoms with van der Waals surface area (Å²) in [5, 5.41) is 3.63. The summed E-state index contributed by atoms with van der Waals surface area (Å²) < 4.78 is 0. The summed E-state index contributed by atoms with van der Waals surface area (Å²) in [4.78, 5) is 28.2. The third-order valence-electron chi connectivity index (χ3n) is 5.51. The highest BCUT2D eigenvalue weighted by atomic mass is 35.5. The summed E-state index contributed by atoms with van der Waals surface area (Å²) in [6.07, 6.45) is 0.555. The number of likely N-dealkylation sites (N-methyl/N-ethyl adjacent to an activating group) is 1. The van der Waals surface area contributed by atoms with E-state index in [1.54, 1.807) is 30.1 Å². The predicted octanol–water partition coefficient (Wildman–Crippen LogP) is 5.23. The molecule has 0 unspecified atom stereocenters. The molecule has 0 heterocycles. The van der Waals surface area contributed by atoms with Gasteiger partial charge in [-0.25, -0.2) is 0 Å². The molecule has 32 heavy (non-hydrogen) atoms. The number of halogens is 2. The van der Waals surface area contributed by atoms with Gasteiger partial charge in [-0.2, -0.15) is 0 Å². The van der Waals surface area contributed by atoms with Gasteiger partial charge in [-0.15, -0.1) is 0 Å². The topological polar surface area (TPSA) is 49.4 Å². The first-order valence-corrected chi connectivity index (χ1v) is 11.2. The number of carbonyl (C=O) groups is 2. The van der Waals surface area contributed by atoms with Crippen LogP contribution < -0.4 is 5.32 Å². The molecular weight excluding hydrogens is 443 g/mol. The van der Waals surface area contributed by atoms with Crippen LogP contribution in [-0.2, 0) is 29.0 Å². The van der Waals surface area contributed by atoms with Crippen molar-refractivity contribution in [2.24, 2.45) is 0 Å². The summed E-state index contributed by atoms with van der Waals surface area (Å²) in [6.45, 7) is 2.10. The number of aryl methyl sites for hydroxylation is 1. The Morgan fingerprint density at radius 2 is 1.53 bits per heavy atom. The normalized spacial score (nSPS) is 11.6. The molecule has 2 amide bonds. The second-order valence-corrected chi connectivity index (χ2v) is 8.46. The summed E-state index contributed by atoms with van der Waals surface area (Å²) in [6, 6.07) is 21.9. The largest absolute Gasteiger partial charge is 0.357 e. The van der Waals surface area contributed by atoms with Crippen LogP contribution >= 0.6 is 23.2 Å². The Morgan fingerprint density at radius 3 is 2.16 bits per heavy atom. The maximum atomic E-state index is 13.6. The van der Waals surface area contributed by atoms with E-state index in [4.69, 9.17) is 23.2 Å². The first kappa shape index (κ1) is 23.8. The number of hydrogen-bond donors (Lipinski definition) is 1. The number of amides is 2. The van der Waals surface area contributed by atoms with Crippen LogP contribution in [0.2, 0.25) is 10.0 Å². The zero-order valence-electron chi connectivity index (χ0n) is 18.1. The average molecular weight is 469 g/mol. The quantitative estimate of drug-likeness (QED) is 0.491. The zero-order valence-corrected chi connectivity index (χ0v) is 19.7. The molecule has 3 rings (SSSR count). The van der Waals surface area contributed by atoms with E-state index in [0.29, 0.717) is 22.0 Å². The van der Waals surface area contributed by atoms with E-state index < -0.39 is 6.04 Å². The fraction of sp³-hybridized carbons (Fsp3) is 0.231. The predicted molar refractivity (Wildman–Crippen MR) is 130 cm³/mol. The maximum absolute atomic E-state index is 13.6. The van der Waals surface area contributed by atoms with Crippen molar-refractivity contribution in [1.29, 1.82) is 0 Å². The minimum Gasteiger partial charge on any atom is -0.357 e. The van der Waals surface area contributed by atoms with Crippen LogP contribution in [0.4, 0.5) is 0 Å². The minimum atomic E-state index is -0.716. The molecule has 0 saturated heterocycles. The minimum absolute atomic E-state index is 0.133. The lowest BCUT2D eigenvalue weighted by molar-refractivity contribution is -0.140. The highest BCUT2D eigenvalue weighted by molar-refractivity contribution is 6.36. The summed E-state index contributed by atoms with van der Waals surface area (Å²) >= 11 is 12.8. The van der Waals surface area contributed by atoms with Crippen molar-refractivity contribution in [1.82, 2.24) is 10.2 Å². The van der Waals surface area contributed by atoms with Gasteiger partial charge in [0.05, 0.1) is 6.42 Å². The zero-order chi connectivity index (χ0) is 23.1. The van der Waals surface area contributed by atoms with E-state index in [0.717, 1.165) is 16.7 Å². The lowest BCUT2D eigenvalue weighted by atomic mass is 10.0. The van der Waals surface area contributed by atoms with Gasteiger partial charge in [0.2, 0.25) is 11.8 Å². The molecule has 1 atom stereocenters. The maximum Gasteiger partial charge on any atom is 0.242 e. The monoisotopic (exact) mass is 468 g/mol. The van der Waals surface area contributed by atoms with Gasteiger partial charge in [0.25, 0.3) is 0 Å². The van der Waals surface area contributed by atoms with Gasteiger partial charge in [0, 0.05) is 35.6 Å². The molecule has 0 fully saturated rings. The van der Waals surface area contributed by atoms with Crippen molar-refractivity contribution >= 4 is 35.0 Å². The van der Waals surface area contributed by atoms with Gasteiger partial charge >= 0.3 is 0 Å². The molecule has 1 N–H and O–H groups in total. The van der Waals surface area contributed by atoms with Crippen LogP contribution in [0, 0.1) is 6.92 Å². The van der Waals surface area contributed by atoms with E-state index in [9.17, 15) is 9.59 Å². The van der Waals surface area contributed by atoms with E-state index >= 15 is 0 Å². The van der Waals surface area contributed by atoms with Gasteiger partial charge in [-0.1, -0.05) is 83.9 Å². The van der Waals surface area contributed by atoms with Crippen LogP contribution in [-0.4, -0.2) is 29.8 Å². The van der Waals surface area contributed by atoms with Gasteiger partial charge in [-0.05, 0) is 35.7 Å². The fourth-order valence-corrected chi connectivity index (χ4v) is 4.16. The smallest absolute Gasteiger partial charge is 0.242 e. The second kappa shape index (κ2) is 11.2. The summed E-state index contributed by atoms with van der Waals surface area (Å²) in [7, 11) is 1.58. The Labute approximate surface area is 199 Å². The molecule has 0 radical (unpaired) electrons. The number of nitrogens with one attached hydrogen (secondary N) is 1. The van der Waals surface area contributed by atoms with Crippen molar-refractivity contribution in [2.75, 3.05) is 7.05 Å². The number of carbonyl (C=O) groups excluding carboxylic acids is 2. The third-order valence-corrected chi connectivity index (χ3v) is 6.22. The lowest BCUT2D eigenvalue weighted by Crippen LogP contribution is -2.50. The first-order valence-electron chi connectivity index (χ1n) is 10.4. The van der Waals surface area contributed by atoms with Crippen LogP contribution in [0.1, 0.15) is 22.3 Å². The van der Waals surface area contributed by atoms with Gasteiger partial charge in [-0.3, -0.25) is 9.59 Å². The second-order valence-electron chi connectivity index (χ2n) is 7.64. The van der Waals surface area contributed by atoms with Crippen molar-refractivity contribution in [3.05, 3.63) is 105 Å². The van der Waals surface area contributed by atoms with Gasteiger partial charge in [0.15, 0.2) is 0 Å². The van der Waals surface area contributed by atoms with E-state index in [2.05, 4.69) is 5.32 Å². The fourth-order valence-electron chi connectivity index (χ4n) is 3.65. The highest BCUT2D eigenvalue weighted by Gasteiger charge is 2.31. The molecular formula is C26H26Cl2N2O2. The molecule has 0 aliphatic carbocycles. The van der Waals surface area contributed by atoms with E-state index in [1.807, 2.05) is 61.5 Å². The van der Waals surface area contributed by atoms with Crippen LogP contribution in [0.3, 0.4) is 0 Å². The number of hydrogen-bond acceptors (Lipinski definition) is 2. The molecule has 0 saturated carbocycles. The molecule has 0 bridgehead atoms. The van der Waals surface area contributed by atoms with Crippen LogP contribution in [0.5, 0.6) is 0 Å². The van der Waals surface area contributed by atoms with Crippen molar-refractivity contribution < 1.29 is 9.59 Å². The molecule has 0 aliphatic heterocycles.